The molecule has 0 saturated carbocycles. The molecule has 106 valence electrons. The smallest absolute Gasteiger partial charge is 0.107 e. The topological polar surface area (TPSA) is 17.8 Å². The molecule has 0 aliphatic heterocycles. The molecule has 0 spiro atoms. The van der Waals surface area contributed by atoms with E-state index in [0.29, 0.717) is 10.0 Å². The number of aryl methyl sites for hydroxylation is 1. The lowest BCUT2D eigenvalue weighted by Gasteiger charge is -2.03. The molecule has 1 aromatic heterocycles. The monoisotopic (exact) mass is 316 g/mol. The Balaban J connectivity index is 1.84. The quantitative estimate of drug-likeness (QED) is 0.635. The van der Waals surface area contributed by atoms with Crippen LogP contribution in [0.4, 0.5) is 0 Å². The van der Waals surface area contributed by atoms with Crippen LogP contribution in [0.1, 0.15) is 11.4 Å². The highest BCUT2D eigenvalue weighted by molar-refractivity contribution is 6.42. The van der Waals surface area contributed by atoms with Crippen molar-refractivity contribution in [1.82, 2.24) is 9.55 Å². The van der Waals surface area contributed by atoms with Crippen molar-refractivity contribution in [3.05, 3.63) is 70.0 Å². The molecule has 4 heteroatoms. The maximum atomic E-state index is 6.01. The van der Waals surface area contributed by atoms with E-state index in [1.807, 2.05) is 43.3 Å². The minimum Gasteiger partial charge on any atom is -0.324 e. The van der Waals surface area contributed by atoms with Crippen LogP contribution in [0.25, 0.3) is 17.1 Å². The lowest BCUT2D eigenvalue weighted by Crippen LogP contribution is -1.97. The summed E-state index contributed by atoms with van der Waals surface area (Å²) in [5.41, 5.74) is 3.21. The Hall–Kier alpha value is -1.77. The van der Waals surface area contributed by atoms with E-state index in [4.69, 9.17) is 23.2 Å². The zero-order chi connectivity index (χ0) is 14.8. The molecule has 3 aromatic rings. The van der Waals surface area contributed by atoms with Gasteiger partial charge in [0.25, 0.3) is 0 Å². The van der Waals surface area contributed by atoms with Crippen LogP contribution >= 0.6 is 23.2 Å². The summed E-state index contributed by atoms with van der Waals surface area (Å²) < 4.78 is 2.18. The fraction of sp³-hybridized carbons (Fsp3) is 0.118. The SMILES string of the molecule is Cc1nc2ccccc2n1C/C=C/c1ccc(Cl)c(Cl)c1. The highest BCUT2D eigenvalue weighted by atomic mass is 35.5. The zero-order valence-corrected chi connectivity index (χ0v) is 13.1. The molecule has 0 saturated heterocycles. The summed E-state index contributed by atoms with van der Waals surface area (Å²) in [6, 6.07) is 13.8. The first-order chi connectivity index (χ1) is 10.1. The van der Waals surface area contributed by atoms with Gasteiger partial charge in [0.05, 0.1) is 21.1 Å². The summed E-state index contributed by atoms with van der Waals surface area (Å²) in [6.07, 6.45) is 4.14. The molecule has 3 rings (SSSR count). The van der Waals surface area contributed by atoms with Gasteiger partial charge in [-0.1, -0.05) is 53.6 Å². The van der Waals surface area contributed by atoms with Crippen molar-refractivity contribution in [2.75, 3.05) is 0 Å². The maximum absolute atomic E-state index is 6.01. The van der Waals surface area contributed by atoms with E-state index in [1.165, 1.54) is 0 Å². The molecule has 0 N–H and O–H groups in total. The van der Waals surface area contributed by atoms with Gasteiger partial charge < -0.3 is 4.57 Å². The molecular weight excluding hydrogens is 303 g/mol. The molecule has 2 aromatic carbocycles. The molecule has 0 atom stereocenters. The molecule has 0 fully saturated rings. The van der Waals surface area contributed by atoms with E-state index in [0.717, 1.165) is 29.0 Å². The average molecular weight is 317 g/mol. The largest absolute Gasteiger partial charge is 0.324 e. The van der Waals surface area contributed by atoms with E-state index in [2.05, 4.69) is 21.7 Å². The summed E-state index contributed by atoms with van der Waals surface area (Å²) in [4.78, 5) is 4.55. The molecule has 0 radical (unpaired) electrons. The van der Waals surface area contributed by atoms with Crippen LogP contribution < -0.4 is 0 Å². The number of halogens is 2. The van der Waals surface area contributed by atoms with Gasteiger partial charge in [-0.25, -0.2) is 4.98 Å². The predicted molar refractivity (Wildman–Crippen MR) is 90.0 cm³/mol. The summed E-state index contributed by atoms with van der Waals surface area (Å²) >= 11 is 11.9. The molecule has 0 unspecified atom stereocenters. The highest BCUT2D eigenvalue weighted by Crippen LogP contribution is 2.23. The van der Waals surface area contributed by atoms with E-state index in [9.17, 15) is 0 Å². The number of allylic oxidation sites excluding steroid dienone is 1. The van der Waals surface area contributed by atoms with Gasteiger partial charge in [-0.15, -0.1) is 0 Å². The summed E-state index contributed by atoms with van der Waals surface area (Å²) in [6.45, 7) is 2.79. The molecule has 1 heterocycles. The number of hydrogen-bond acceptors (Lipinski definition) is 1. The van der Waals surface area contributed by atoms with Crippen LogP contribution in [-0.4, -0.2) is 9.55 Å². The fourth-order valence-corrected chi connectivity index (χ4v) is 2.64. The van der Waals surface area contributed by atoms with Crippen molar-refractivity contribution in [2.45, 2.75) is 13.5 Å². The number of imidazole rings is 1. The number of fused-ring (bicyclic) bond motifs is 1. The summed E-state index contributed by atoms with van der Waals surface area (Å²) in [5.74, 6) is 1.01. The van der Waals surface area contributed by atoms with Gasteiger partial charge in [-0.05, 0) is 36.8 Å². The standard InChI is InChI=1S/C17H14Cl2N2/c1-12-20-16-6-2-3-7-17(16)21(12)10-4-5-13-8-9-14(18)15(19)11-13/h2-9,11H,10H2,1H3/b5-4+. The van der Waals surface area contributed by atoms with Crippen molar-refractivity contribution in [1.29, 1.82) is 0 Å². The van der Waals surface area contributed by atoms with Gasteiger partial charge >= 0.3 is 0 Å². The number of para-hydroxylation sites is 2. The zero-order valence-electron chi connectivity index (χ0n) is 11.6. The van der Waals surface area contributed by atoms with Gasteiger partial charge in [0.1, 0.15) is 5.82 Å². The van der Waals surface area contributed by atoms with Gasteiger partial charge in [-0.2, -0.15) is 0 Å². The van der Waals surface area contributed by atoms with Gasteiger partial charge in [0.2, 0.25) is 0 Å². The van der Waals surface area contributed by atoms with Crippen LogP contribution in [0.2, 0.25) is 10.0 Å². The summed E-state index contributed by atoms with van der Waals surface area (Å²) in [5, 5.41) is 1.15. The number of rotatable bonds is 3. The molecule has 0 aliphatic carbocycles. The Morgan fingerprint density at radius 2 is 1.90 bits per heavy atom. The molecule has 21 heavy (non-hydrogen) atoms. The number of benzene rings is 2. The minimum atomic E-state index is 0.572. The van der Waals surface area contributed by atoms with Gasteiger partial charge in [-0.3, -0.25) is 0 Å². The van der Waals surface area contributed by atoms with Crippen molar-refractivity contribution in [3.8, 4) is 0 Å². The van der Waals surface area contributed by atoms with Crippen LogP contribution in [0, 0.1) is 6.92 Å². The summed E-state index contributed by atoms with van der Waals surface area (Å²) in [7, 11) is 0. The third-order valence-electron chi connectivity index (χ3n) is 3.39. The van der Waals surface area contributed by atoms with Crippen molar-refractivity contribution < 1.29 is 0 Å². The maximum Gasteiger partial charge on any atom is 0.107 e. The number of nitrogens with zero attached hydrogens (tertiary/aromatic N) is 2. The molecular formula is C17H14Cl2N2. The van der Waals surface area contributed by atoms with Crippen LogP contribution in [-0.2, 0) is 6.54 Å². The minimum absolute atomic E-state index is 0.572. The first kappa shape index (κ1) is 14.2. The van der Waals surface area contributed by atoms with Crippen LogP contribution in [0.5, 0.6) is 0 Å². The van der Waals surface area contributed by atoms with Crippen LogP contribution in [0.3, 0.4) is 0 Å². The Kier molecular flexibility index (Phi) is 4.00. The Morgan fingerprint density at radius 3 is 2.71 bits per heavy atom. The third kappa shape index (κ3) is 2.97. The molecule has 2 nitrogen and oxygen atoms in total. The Morgan fingerprint density at radius 1 is 1.10 bits per heavy atom. The number of aromatic nitrogens is 2. The highest BCUT2D eigenvalue weighted by Gasteiger charge is 2.04. The molecule has 0 aliphatic rings. The van der Waals surface area contributed by atoms with E-state index in [1.54, 1.807) is 6.07 Å². The first-order valence-corrected chi connectivity index (χ1v) is 7.44. The Labute approximate surface area is 133 Å². The van der Waals surface area contributed by atoms with Gasteiger partial charge in [0.15, 0.2) is 0 Å². The average Bonchev–Trinajstić information content (AvgIpc) is 2.79. The second kappa shape index (κ2) is 5.92. The molecule has 0 amide bonds. The molecule has 0 bridgehead atoms. The normalized spacial score (nSPS) is 11.6. The van der Waals surface area contributed by atoms with Gasteiger partial charge in [0, 0.05) is 6.54 Å². The van der Waals surface area contributed by atoms with Crippen molar-refractivity contribution >= 4 is 40.3 Å². The van der Waals surface area contributed by atoms with E-state index in [-0.39, 0.29) is 0 Å². The van der Waals surface area contributed by atoms with Crippen LogP contribution in [0.15, 0.2) is 48.5 Å². The number of hydrogen-bond donors (Lipinski definition) is 0. The lowest BCUT2D eigenvalue weighted by molar-refractivity contribution is 0.808. The van der Waals surface area contributed by atoms with Crippen molar-refractivity contribution in [2.24, 2.45) is 0 Å². The second-order valence-corrected chi connectivity index (χ2v) is 5.65. The third-order valence-corrected chi connectivity index (χ3v) is 4.13. The lowest BCUT2D eigenvalue weighted by atomic mass is 10.2. The predicted octanol–water partition coefficient (Wildman–Crippen LogP) is 5.36. The van der Waals surface area contributed by atoms with E-state index >= 15 is 0 Å². The van der Waals surface area contributed by atoms with Crippen molar-refractivity contribution in [3.63, 3.8) is 0 Å². The second-order valence-electron chi connectivity index (χ2n) is 4.83. The fourth-order valence-electron chi connectivity index (χ4n) is 2.34. The Bertz CT molecular complexity index is 819. The van der Waals surface area contributed by atoms with E-state index < -0.39 is 0 Å². The first-order valence-electron chi connectivity index (χ1n) is 6.68.